The average molecular weight is 377 g/mol. The highest BCUT2D eigenvalue weighted by atomic mass is 16.2. The molecule has 2 aliphatic heterocycles. The van der Waals surface area contributed by atoms with Gasteiger partial charge >= 0.3 is 0 Å². The molecule has 140 valence electrons. The van der Waals surface area contributed by atoms with Crippen LogP contribution in [0.1, 0.15) is 43.9 Å². The van der Waals surface area contributed by atoms with Crippen molar-refractivity contribution in [3.05, 3.63) is 59.2 Å². The van der Waals surface area contributed by atoms with Gasteiger partial charge in [0.2, 0.25) is 11.8 Å². The van der Waals surface area contributed by atoms with E-state index in [1.54, 1.807) is 24.3 Å². The number of benzene rings is 2. The summed E-state index contributed by atoms with van der Waals surface area (Å²) in [5, 5.41) is 2.64. The quantitative estimate of drug-likeness (QED) is 0.822. The summed E-state index contributed by atoms with van der Waals surface area (Å²) in [7, 11) is 1.38. The standard InChI is InChI=1S/C20H15N3O5/c1-22-19(27)13-6-3-7-14(17(13)20(22)28)21-18(26)11-4-2-5-12(10-11)23-15(24)8-9-16(23)25/h2-7,10H,8-9H2,1H3,(H,21,26). The highest BCUT2D eigenvalue weighted by Crippen LogP contribution is 2.29. The molecule has 0 spiro atoms. The van der Waals surface area contributed by atoms with Crippen molar-refractivity contribution in [3.8, 4) is 0 Å². The molecule has 0 aromatic heterocycles. The van der Waals surface area contributed by atoms with E-state index in [2.05, 4.69) is 5.32 Å². The third-order valence-corrected chi connectivity index (χ3v) is 4.78. The minimum Gasteiger partial charge on any atom is -0.321 e. The Morgan fingerprint density at radius 1 is 0.929 bits per heavy atom. The Labute approximate surface area is 159 Å². The van der Waals surface area contributed by atoms with Gasteiger partial charge in [-0.1, -0.05) is 12.1 Å². The fourth-order valence-corrected chi connectivity index (χ4v) is 3.35. The maximum Gasteiger partial charge on any atom is 0.263 e. The fourth-order valence-electron chi connectivity index (χ4n) is 3.35. The summed E-state index contributed by atoms with van der Waals surface area (Å²) >= 11 is 0. The lowest BCUT2D eigenvalue weighted by Crippen LogP contribution is -2.28. The Bertz CT molecular complexity index is 1060. The van der Waals surface area contributed by atoms with E-state index < -0.39 is 17.7 Å². The van der Waals surface area contributed by atoms with Crippen molar-refractivity contribution in [3.63, 3.8) is 0 Å². The Morgan fingerprint density at radius 2 is 1.61 bits per heavy atom. The number of amides is 5. The molecule has 5 amide bonds. The third kappa shape index (κ3) is 2.66. The molecular weight excluding hydrogens is 362 g/mol. The molecule has 0 bridgehead atoms. The molecule has 4 rings (SSSR count). The van der Waals surface area contributed by atoms with E-state index in [0.717, 1.165) is 9.80 Å². The highest BCUT2D eigenvalue weighted by Gasteiger charge is 2.35. The largest absolute Gasteiger partial charge is 0.321 e. The lowest BCUT2D eigenvalue weighted by Gasteiger charge is -2.15. The Balaban J connectivity index is 1.64. The van der Waals surface area contributed by atoms with Crippen molar-refractivity contribution >= 4 is 40.9 Å². The van der Waals surface area contributed by atoms with E-state index in [4.69, 9.17) is 0 Å². The lowest BCUT2D eigenvalue weighted by atomic mass is 10.1. The van der Waals surface area contributed by atoms with Crippen molar-refractivity contribution < 1.29 is 24.0 Å². The van der Waals surface area contributed by atoms with Crippen LogP contribution in [0.3, 0.4) is 0 Å². The predicted molar refractivity (Wildman–Crippen MR) is 99.0 cm³/mol. The summed E-state index contributed by atoms with van der Waals surface area (Å²) in [5.41, 5.74) is 1.14. The van der Waals surface area contributed by atoms with Crippen LogP contribution in [0.4, 0.5) is 11.4 Å². The number of anilines is 2. The van der Waals surface area contributed by atoms with Crippen molar-refractivity contribution in [1.82, 2.24) is 4.90 Å². The zero-order chi connectivity index (χ0) is 20.0. The molecule has 2 aromatic rings. The van der Waals surface area contributed by atoms with Gasteiger partial charge in [-0.15, -0.1) is 0 Å². The van der Waals surface area contributed by atoms with Gasteiger partial charge < -0.3 is 5.32 Å². The Kier molecular flexibility index (Phi) is 4.03. The van der Waals surface area contributed by atoms with Crippen molar-refractivity contribution in [2.24, 2.45) is 0 Å². The molecule has 28 heavy (non-hydrogen) atoms. The minimum absolute atomic E-state index is 0.143. The summed E-state index contributed by atoms with van der Waals surface area (Å²) in [6.45, 7) is 0. The van der Waals surface area contributed by atoms with Crippen LogP contribution in [0.25, 0.3) is 0 Å². The van der Waals surface area contributed by atoms with Gasteiger partial charge in [0.25, 0.3) is 17.7 Å². The molecule has 0 unspecified atom stereocenters. The summed E-state index contributed by atoms with van der Waals surface area (Å²) in [5.74, 6) is -2.06. The number of carbonyl (C=O) groups excluding carboxylic acids is 5. The maximum absolute atomic E-state index is 12.7. The molecule has 1 saturated heterocycles. The number of imide groups is 2. The summed E-state index contributed by atoms with van der Waals surface area (Å²) in [6, 6.07) is 10.8. The van der Waals surface area contributed by atoms with Crippen molar-refractivity contribution in [2.45, 2.75) is 12.8 Å². The second-order valence-electron chi connectivity index (χ2n) is 6.52. The molecule has 2 aromatic carbocycles. The van der Waals surface area contributed by atoms with Gasteiger partial charge in [0, 0.05) is 25.5 Å². The molecule has 0 atom stereocenters. The molecule has 8 nitrogen and oxygen atoms in total. The van der Waals surface area contributed by atoms with Crippen LogP contribution in [-0.4, -0.2) is 41.5 Å². The maximum atomic E-state index is 12.7. The Hall–Kier alpha value is -3.81. The van der Waals surface area contributed by atoms with Crippen molar-refractivity contribution in [1.29, 1.82) is 0 Å². The van der Waals surface area contributed by atoms with Gasteiger partial charge in [-0.3, -0.25) is 33.8 Å². The number of carbonyl (C=O) groups is 5. The van der Waals surface area contributed by atoms with Gasteiger partial charge in [0.1, 0.15) is 0 Å². The lowest BCUT2D eigenvalue weighted by molar-refractivity contribution is -0.121. The highest BCUT2D eigenvalue weighted by molar-refractivity contribution is 6.25. The van der Waals surface area contributed by atoms with E-state index in [0.29, 0.717) is 5.69 Å². The fraction of sp³-hybridized carbons (Fsp3) is 0.150. The zero-order valence-corrected chi connectivity index (χ0v) is 14.9. The number of nitrogens with one attached hydrogen (secondary N) is 1. The van der Waals surface area contributed by atoms with Gasteiger partial charge in [0.15, 0.2) is 0 Å². The monoisotopic (exact) mass is 377 g/mol. The number of hydrogen-bond donors (Lipinski definition) is 1. The molecule has 0 aliphatic carbocycles. The summed E-state index contributed by atoms with van der Waals surface area (Å²) in [6.07, 6.45) is 0.296. The number of nitrogens with zero attached hydrogens (tertiary/aromatic N) is 2. The zero-order valence-electron chi connectivity index (χ0n) is 14.9. The molecule has 8 heteroatoms. The minimum atomic E-state index is -0.524. The van der Waals surface area contributed by atoms with Crippen LogP contribution in [0, 0.1) is 0 Å². The average Bonchev–Trinajstić information content (AvgIpc) is 3.14. The first-order valence-electron chi connectivity index (χ1n) is 8.61. The van der Waals surface area contributed by atoms with Gasteiger partial charge in [-0.2, -0.15) is 0 Å². The Morgan fingerprint density at radius 3 is 2.32 bits per heavy atom. The van der Waals surface area contributed by atoms with E-state index in [1.807, 2.05) is 0 Å². The van der Waals surface area contributed by atoms with Crippen LogP contribution in [0.15, 0.2) is 42.5 Å². The predicted octanol–water partition coefficient (Wildman–Crippen LogP) is 1.82. The van der Waals surface area contributed by atoms with Crippen LogP contribution >= 0.6 is 0 Å². The van der Waals surface area contributed by atoms with Crippen LogP contribution in [0.2, 0.25) is 0 Å². The van der Waals surface area contributed by atoms with E-state index in [1.165, 1.54) is 25.2 Å². The second-order valence-corrected chi connectivity index (χ2v) is 6.52. The van der Waals surface area contributed by atoms with Gasteiger partial charge in [0.05, 0.1) is 22.5 Å². The smallest absolute Gasteiger partial charge is 0.263 e. The van der Waals surface area contributed by atoms with Crippen molar-refractivity contribution in [2.75, 3.05) is 17.3 Å². The van der Waals surface area contributed by atoms with Crippen LogP contribution < -0.4 is 10.2 Å². The second kappa shape index (κ2) is 6.41. The first-order chi connectivity index (χ1) is 13.4. The molecular formula is C20H15N3O5. The van der Waals surface area contributed by atoms with Gasteiger partial charge in [-0.05, 0) is 30.3 Å². The number of fused-ring (bicyclic) bond motifs is 1. The number of rotatable bonds is 3. The molecule has 2 heterocycles. The van der Waals surface area contributed by atoms with Crippen LogP contribution in [-0.2, 0) is 9.59 Å². The molecule has 1 fully saturated rings. The SMILES string of the molecule is CN1C(=O)c2cccc(NC(=O)c3cccc(N4C(=O)CCC4=O)c3)c2C1=O. The van der Waals surface area contributed by atoms with E-state index in [9.17, 15) is 24.0 Å². The normalized spacial score (nSPS) is 16.0. The molecule has 2 aliphatic rings. The first-order valence-corrected chi connectivity index (χ1v) is 8.61. The van der Waals surface area contributed by atoms with Gasteiger partial charge in [-0.25, -0.2) is 0 Å². The van der Waals surface area contributed by atoms with Crippen LogP contribution in [0.5, 0.6) is 0 Å². The van der Waals surface area contributed by atoms with E-state index in [-0.39, 0.29) is 47.0 Å². The number of hydrogen-bond acceptors (Lipinski definition) is 5. The molecule has 0 radical (unpaired) electrons. The summed E-state index contributed by atoms with van der Waals surface area (Å²) < 4.78 is 0. The first kappa shape index (κ1) is 17.6. The third-order valence-electron chi connectivity index (χ3n) is 4.78. The van der Waals surface area contributed by atoms with E-state index >= 15 is 0 Å². The topological polar surface area (TPSA) is 104 Å². The molecule has 0 saturated carbocycles. The summed E-state index contributed by atoms with van der Waals surface area (Å²) in [4.78, 5) is 63.0. The molecule has 1 N–H and O–H groups in total.